The zero-order valence-corrected chi connectivity index (χ0v) is 27.5. The Balaban J connectivity index is 1.31. The van der Waals surface area contributed by atoms with Crippen molar-refractivity contribution in [2.75, 3.05) is 13.7 Å². The quantitative estimate of drug-likeness (QED) is 0.297. The largest absolute Gasteiger partial charge is 0.496 e. The molecule has 0 radical (unpaired) electrons. The summed E-state index contributed by atoms with van der Waals surface area (Å²) in [4.78, 5) is 32.5. The molecule has 10 nitrogen and oxygen atoms in total. The topological polar surface area (TPSA) is 138 Å². The Morgan fingerprint density at radius 2 is 1.93 bits per heavy atom. The predicted molar refractivity (Wildman–Crippen MR) is 171 cm³/mol. The predicted octanol–water partition coefficient (Wildman–Crippen LogP) is 4.35. The van der Waals surface area contributed by atoms with Gasteiger partial charge in [0.05, 0.1) is 32.4 Å². The molecule has 2 heterocycles. The minimum Gasteiger partial charge on any atom is -0.496 e. The van der Waals surface area contributed by atoms with E-state index in [9.17, 15) is 24.9 Å². The van der Waals surface area contributed by atoms with Crippen LogP contribution >= 0.6 is 0 Å². The maximum atomic E-state index is 14.1. The molecule has 3 saturated carbocycles. The van der Waals surface area contributed by atoms with Crippen molar-refractivity contribution in [2.45, 2.75) is 90.3 Å². The molecule has 1 saturated heterocycles. The lowest BCUT2D eigenvalue weighted by atomic mass is 9.46. The molecule has 3 aliphatic carbocycles. The average Bonchev–Trinajstić information content (AvgIpc) is 3.52. The van der Waals surface area contributed by atoms with Crippen LogP contribution in [0.15, 0.2) is 42.5 Å². The summed E-state index contributed by atoms with van der Waals surface area (Å²) >= 11 is 0. The van der Waals surface area contributed by atoms with Crippen LogP contribution in [-0.2, 0) is 22.6 Å². The summed E-state index contributed by atoms with van der Waals surface area (Å²) in [6, 6.07) is 8.06. The summed E-state index contributed by atoms with van der Waals surface area (Å²) in [5.74, 6) is -0.288. The summed E-state index contributed by atoms with van der Waals surface area (Å²) in [6.45, 7) is 14.1. The number of carbonyl (C=O) groups is 2. The molecule has 4 N–H and O–H groups in total. The summed E-state index contributed by atoms with van der Waals surface area (Å²) in [7, 11) is 1.55. The number of methoxy groups -OCH3 is 1. The van der Waals surface area contributed by atoms with Crippen molar-refractivity contribution in [3.63, 3.8) is 0 Å². The number of carboxylic acids is 1. The molecule has 2 aliphatic heterocycles. The lowest BCUT2D eigenvalue weighted by molar-refractivity contribution is -0.182. The van der Waals surface area contributed by atoms with Gasteiger partial charge in [0.15, 0.2) is 0 Å². The molecule has 2 aromatic carbocycles. The van der Waals surface area contributed by atoms with Gasteiger partial charge in [0.1, 0.15) is 34.8 Å². The fourth-order valence-electron chi connectivity index (χ4n) is 8.38. The van der Waals surface area contributed by atoms with Gasteiger partial charge in [-0.25, -0.2) is 4.79 Å². The fourth-order valence-corrected chi connectivity index (χ4v) is 8.38. The number of rotatable bonds is 9. The van der Waals surface area contributed by atoms with Gasteiger partial charge in [-0.15, -0.1) is 0 Å². The number of nitrogens with zero attached hydrogens (tertiary/aromatic N) is 1. The third-order valence-electron chi connectivity index (χ3n) is 10.9. The molecule has 5 aliphatic rings. The smallest absolute Gasteiger partial charge is 0.339 e. The van der Waals surface area contributed by atoms with Gasteiger partial charge >= 0.3 is 5.97 Å². The molecule has 2 bridgehead atoms. The number of aliphatic hydroxyl groups is 2. The molecule has 7 rings (SSSR count). The molecule has 0 spiro atoms. The van der Waals surface area contributed by atoms with Gasteiger partial charge in [-0.3, -0.25) is 9.63 Å². The van der Waals surface area contributed by atoms with Crippen molar-refractivity contribution in [1.82, 2.24) is 10.4 Å². The van der Waals surface area contributed by atoms with E-state index in [4.69, 9.17) is 14.3 Å². The number of amides is 1. The SMILES string of the molecule is C=C1[C@@H](NC(=O)[C@@H]2[C@H]([C@H](C)O)[C@H](CO)ON2Cc2cccc(-c3cc4c(c(C(=O)O)c3)OC(C)(C)C4)c2OC)C[C@H]2C[C@@H]1C2(C)C. The van der Waals surface area contributed by atoms with E-state index < -0.39 is 35.7 Å². The van der Waals surface area contributed by atoms with Crippen LogP contribution in [0.5, 0.6) is 11.5 Å². The van der Waals surface area contributed by atoms with Gasteiger partial charge in [-0.1, -0.05) is 44.2 Å². The molecule has 0 unspecified atom stereocenters. The molecule has 10 heteroatoms. The number of aliphatic hydroxyl groups excluding tert-OH is 2. The Morgan fingerprint density at radius 3 is 2.54 bits per heavy atom. The summed E-state index contributed by atoms with van der Waals surface area (Å²) in [5.41, 5.74) is 3.63. The molecule has 248 valence electrons. The molecule has 1 amide bonds. The van der Waals surface area contributed by atoms with Gasteiger partial charge in [0, 0.05) is 23.5 Å². The molecule has 2 aromatic rings. The van der Waals surface area contributed by atoms with Crippen LogP contribution in [0.3, 0.4) is 0 Å². The fraction of sp³-hybridized carbons (Fsp3) is 0.556. The first kappa shape index (κ1) is 32.5. The number of hydroxylamine groups is 2. The van der Waals surface area contributed by atoms with Crippen LogP contribution in [0.1, 0.15) is 68.9 Å². The van der Waals surface area contributed by atoms with E-state index in [1.165, 1.54) is 5.06 Å². The second-order valence-electron chi connectivity index (χ2n) is 14.7. The van der Waals surface area contributed by atoms with Gasteiger partial charge in [0.25, 0.3) is 0 Å². The summed E-state index contributed by atoms with van der Waals surface area (Å²) in [6.07, 6.45) is 0.762. The van der Waals surface area contributed by atoms with E-state index in [1.807, 2.05) is 38.1 Å². The summed E-state index contributed by atoms with van der Waals surface area (Å²) in [5, 5.41) is 35.8. The highest BCUT2D eigenvalue weighted by Gasteiger charge is 2.56. The van der Waals surface area contributed by atoms with Crippen molar-refractivity contribution in [3.05, 3.63) is 59.2 Å². The van der Waals surface area contributed by atoms with Crippen molar-refractivity contribution >= 4 is 11.9 Å². The molecule has 4 fully saturated rings. The van der Waals surface area contributed by atoms with Crippen LogP contribution in [-0.4, -0.2) is 75.9 Å². The Bertz CT molecular complexity index is 1570. The van der Waals surface area contributed by atoms with E-state index in [1.54, 1.807) is 20.1 Å². The first-order valence-electron chi connectivity index (χ1n) is 16.1. The third-order valence-corrected chi connectivity index (χ3v) is 10.9. The van der Waals surface area contributed by atoms with Crippen LogP contribution in [0.25, 0.3) is 11.1 Å². The third kappa shape index (κ3) is 5.39. The zero-order valence-electron chi connectivity index (χ0n) is 27.5. The van der Waals surface area contributed by atoms with E-state index in [2.05, 4.69) is 25.7 Å². The zero-order chi connectivity index (χ0) is 33.3. The standard InChI is InChI=1S/C36H46N2O8/c1-18-26-13-23(36(26,5)6)14-27(18)37-33(41)30-29(19(2)40)28(17-39)46-38(30)16-20-9-8-10-24(31(20)44-7)21-11-22-15-35(3,4)45-32(22)25(12-21)34(42)43/h8-12,19,23,26-30,39-40H,1,13-17H2,2-7H3,(H,37,41)(H,42,43)/t19-,23+,26-,27-,28-,29+,30-/m0/s1. The van der Waals surface area contributed by atoms with Crippen molar-refractivity contribution < 1.29 is 39.2 Å². The first-order chi connectivity index (χ1) is 21.7. The number of para-hydroxylation sites is 1. The van der Waals surface area contributed by atoms with Crippen LogP contribution in [0.2, 0.25) is 0 Å². The molecular weight excluding hydrogens is 588 g/mol. The second kappa shape index (κ2) is 11.7. The van der Waals surface area contributed by atoms with Gasteiger partial charge < -0.3 is 30.1 Å². The van der Waals surface area contributed by atoms with Crippen LogP contribution in [0.4, 0.5) is 0 Å². The molecule has 0 aromatic heterocycles. The average molecular weight is 635 g/mol. The number of aromatic carboxylic acids is 1. The van der Waals surface area contributed by atoms with E-state index >= 15 is 0 Å². The maximum absolute atomic E-state index is 14.1. The van der Waals surface area contributed by atoms with Gasteiger partial charge in [-0.05, 0) is 74.1 Å². The van der Waals surface area contributed by atoms with Crippen molar-refractivity contribution in [3.8, 4) is 22.6 Å². The van der Waals surface area contributed by atoms with E-state index in [0.717, 1.165) is 24.0 Å². The number of fused-ring (bicyclic) bond motifs is 3. The minimum atomic E-state index is -1.08. The molecular formula is C36H46N2O8. The Labute approximate surface area is 270 Å². The highest BCUT2D eigenvalue weighted by atomic mass is 16.7. The number of carboxylic acid groups (broad SMARTS) is 1. The lowest BCUT2D eigenvalue weighted by Crippen LogP contribution is -2.59. The van der Waals surface area contributed by atoms with Gasteiger partial charge in [0.2, 0.25) is 5.91 Å². The maximum Gasteiger partial charge on any atom is 0.339 e. The number of nitrogens with one attached hydrogen (secondary N) is 1. The van der Waals surface area contributed by atoms with Crippen molar-refractivity contribution in [2.24, 2.45) is 23.2 Å². The Hall–Kier alpha value is -3.44. The monoisotopic (exact) mass is 634 g/mol. The first-order valence-corrected chi connectivity index (χ1v) is 16.1. The van der Waals surface area contributed by atoms with Gasteiger partial charge in [-0.2, -0.15) is 5.06 Å². The minimum absolute atomic E-state index is 0.0843. The van der Waals surface area contributed by atoms with Crippen LogP contribution in [0, 0.1) is 23.2 Å². The normalized spacial score (nSPS) is 29.8. The lowest BCUT2D eigenvalue weighted by Gasteiger charge is -2.60. The van der Waals surface area contributed by atoms with E-state index in [0.29, 0.717) is 46.4 Å². The second-order valence-corrected chi connectivity index (χ2v) is 14.7. The van der Waals surface area contributed by atoms with E-state index in [-0.39, 0.29) is 36.1 Å². The Morgan fingerprint density at radius 1 is 1.20 bits per heavy atom. The van der Waals surface area contributed by atoms with Crippen molar-refractivity contribution in [1.29, 1.82) is 0 Å². The Kier molecular flexibility index (Phi) is 8.24. The number of ether oxygens (including phenoxy) is 2. The number of benzene rings is 2. The summed E-state index contributed by atoms with van der Waals surface area (Å²) < 4.78 is 11.9. The highest BCUT2D eigenvalue weighted by molar-refractivity contribution is 5.94. The number of carbonyl (C=O) groups excluding carboxylic acids is 1. The molecule has 7 atom stereocenters. The van der Waals surface area contributed by atoms with Crippen LogP contribution < -0.4 is 14.8 Å². The number of hydrogen-bond acceptors (Lipinski definition) is 8. The highest BCUT2D eigenvalue weighted by Crippen LogP contribution is 2.60. The number of hydrogen-bond donors (Lipinski definition) is 4. The molecule has 46 heavy (non-hydrogen) atoms.